The zero-order valence-corrected chi connectivity index (χ0v) is 11.4. The van der Waals surface area contributed by atoms with Crippen molar-refractivity contribution < 1.29 is 4.79 Å². The second kappa shape index (κ2) is 5.08. The molecule has 0 saturated heterocycles. The number of thiophene rings is 1. The van der Waals surface area contributed by atoms with Crippen LogP contribution in [0.15, 0.2) is 17.8 Å². The van der Waals surface area contributed by atoms with Gasteiger partial charge < -0.3 is 5.32 Å². The standard InChI is InChI=1S/C12H15N5OS/c1-8-2-5-19-11(8)9-6-10(9)12(18)13-3-4-17-15-7-14-16-17/h2,5,7,9-10H,3-4,6H2,1H3,(H,13,18). The van der Waals surface area contributed by atoms with E-state index in [1.54, 1.807) is 11.3 Å². The van der Waals surface area contributed by atoms with Crippen LogP contribution in [0, 0.1) is 12.8 Å². The molecule has 0 radical (unpaired) electrons. The first-order valence-electron chi connectivity index (χ1n) is 6.28. The van der Waals surface area contributed by atoms with Gasteiger partial charge in [-0.2, -0.15) is 4.80 Å². The van der Waals surface area contributed by atoms with Crippen molar-refractivity contribution in [1.82, 2.24) is 25.5 Å². The molecular weight excluding hydrogens is 262 g/mol. The molecule has 2 aromatic rings. The van der Waals surface area contributed by atoms with Gasteiger partial charge in [-0.25, -0.2) is 0 Å². The molecule has 1 saturated carbocycles. The molecule has 1 aliphatic rings. The van der Waals surface area contributed by atoms with Crippen LogP contribution in [-0.2, 0) is 11.3 Å². The van der Waals surface area contributed by atoms with Crippen molar-refractivity contribution in [3.8, 4) is 0 Å². The third kappa shape index (κ3) is 2.65. The number of amides is 1. The number of nitrogens with one attached hydrogen (secondary N) is 1. The molecule has 0 aromatic carbocycles. The Morgan fingerprint density at radius 1 is 1.63 bits per heavy atom. The van der Waals surface area contributed by atoms with E-state index in [0.717, 1.165) is 6.42 Å². The van der Waals surface area contributed by atoms with E-state index in [1.807, 2.05) is 0 Å². The van der Waals surface area contributed by atoms with Gasteiger partial charge in [0.05, 0.1) is 6.54 Å². The molecule has 1 fully saturated rings. The molecule has 100 valence electrons. The average molecular weight is 277 g/mol. The summed E-state index contributed by atoms with van der Waals surface area (Å²) in [4.78, 5) is 14.8. The third-order valence-corrected chi connectivity index (χ3v) is 4.52. The van der Waals surface area contributed by atoms with Gasteiger partial charge in [-0.05, 0) is 35.6 Å². The summed E-state index contributed by atoms with van der Waals surface area (Å²) < 4.78 is 0. The number of hydrogen-bond donors (Lipinski definition) is 1. The van der Waals surface area contributed by atoms with Gasteiger partial charge in [0.1, 0.15) is 0 Å². The zero-order valence-electron chi connectivity index (χ0n) is 10.6. The molecule has 2 heterocycles. The molecule has 2 unspecified atom stereocenters. The number of nitrogens with zero attached hydrogens (tertiary/aromatic N) is 4. The van der Waals surface area contributed by atoms with Crippen LogP contribution in [0.1, 0.15) is 22.8 Å². The summed E-state index contributed by atoms with van der Waals surface area (Å²) in [6.45, 7) is 3.21. The minimum Gasteiger partial charge on any atom is -0.354 e. The lowest BCUT2D eigenvalue weighted by atomic mass is 10.2. The highest BCUT2D eigenvalue weighted by Crippen LogP contribution is 2.50. The maximum absolute atomic E-state index is 12.0. The highest BCUT2D eigenvalue weighted by Gasteiger charge is 2.45. The normalized spacial score (nSPS) is 21.3. The minimum atomic E-state index is 0.137. The smallest absolute Gasteiger partial charge is 0.223 e. The number of hydrogen-bond acceptors (Lipinski definition) is 5. The Morgan fingerprint density at radius 2 is 2.53 bits per heavy atom. The van der Waals surface area contributed by atoms with Gasteiger partial charge in [0.2, 0.25) is 5.91 Å². The van der Waals surface area contributed by atoms with Gasteiger partial charge in [0, 0.05) is 23.3 Å². The Kier molecular flexibility index (Phi) is 3.29. The molecule has 3 rings (SSSR count). The van der Waals surface area contributed by atoms with Gasteiger partial charge in [-0.1, -0.05) is 0 Å². The van der Waals surface area contributed by atoms with Crippen LogP contribution >= 0.6 is 11.3 Å². The molecule has 0 bridgehead atoms. The number of carbonyl (C=O) groups excluding carboxylic acids is 1. The SMILES string of the molecule is Cc1ccsc1C1CC1C(=O)NCCn1ncnn1. The molecule has 1 aliphatic carbocycles. The van der Waals surface area contributed by atoms with Crippen LogP contribution in [-0.4, -0.2) is 32.7 Å². The number of tetrazole rings is 1. The predicted octanol–water partition coefficient (Wildman–Crippen LogP) is 0.963. The van der Waals surface area contributed by atoms with Crippen LogP contribution in [0.5, 0.6) is 0 Å². The van der Waals surface area contributed by atoms with E-state index < -0.39 is 0 Å². The molecule has 19 heavy (non-hydrogen) atoms. The Balaban J connectivity index is 1.46. The highest BCUT2D eigenvalue weighted by molar-refractivity contribution is 7.10. The summed E-state index contributed by atoms with van der Waals surface area (Å²) >= 11 is 1.75. The van der Waals surface area contributed by atoms with Crippen molar-refractivity contribution in [2.24, 2.45) is 5.92 Å². The molecule has 2 aromatic heterocycles. The molecule has 6 nitrogen and oxygen atoms in total. The Bertz CT molecular complexity index is 564. The van der Waals surface area contributed by atoms with Crippen molar-refractivity contribution in [3.05, 3.63) is 28.2 Å². The maximum Gasteiger partial charge on any atom is 0.223 e. The molecule has 0 aliphatic heterocycles. The van der Waals surface area contributed by atoms with Crippen molar-refractivity contribution in [2.75, 3.05) is 6.54 Å². The summed E-state index contributed by atoms with van der Waals surface area (Å²) in [5.41, 5.74) is 1.30. The average Bonchev–Trinajstić information content (AvgIpc) is 2.82. The van der Waals surface area contributed by atoms with Gasteiger partial charge >= 0.3 is 0 Å². The Morgan fingerprint density at radius 3 is 3.21 bits per heavy atom. The fraction of sp³-hybridized carbons (Fsp3) is 0.500. The fourth-order valence-corrected chi connectivity index (χ4v) is 3.35. The van der Waals surface area contributed by atoms with Gasteiger partial charge in [0.15, 0.2) is 6.33 Å². The molecular formula is C12H15N5OS. The minimum absolute atomic E-state index is 0.137. The molecule has 2 atom stereocenters. The van der Waals surface area contributed by atoms with Crippen molar-refractivity contribution in [2.45, 2.75) is 25.8 Å². The fourth-order valence-electron chi connectivity index (χ4n) is 2.24. The summed E-state index contributed by atoms with van der Waals surface area (Å²) in [7, 11) is 0. The van der Waals surface area contributed by atoms with E-state index >= 15 is 0 Å². The van der Waals surface area contributed by atoms with Crippen LogP contribution in [0.25, 0.3) is 0 Å². The summed E-state index contributed by atoms with van der Waals surface area (Å²) in [6.07, 6.45) is 2.35. The third-order valence-electron chi connectivity index (χ3n) is 3.37. The van der Waals surface area contributed by atoms with Crippen LogP contribution in [0.4, 0.5) is 0 Å². The van der Waals surface area contributed by atoms with E-state index in [-0.39, 0.29) is 11.8 Å². The van der Waals surface area contributed by atoms with Crippen LogP contribution < -0.4 is 5.32 Å². The van der Waals surface area contributed by atoms with Crippen molar-refractivity contribution >= 4 is 17.2 Å². The van der Waals surface area contributed by atoms with E-state index in [9.17, 15) is 4.79 Å². The number of carbonyl (C=O) groups is 1. The first-order valence-corrected chi connectivity index (χ1v) is 7.16. The van der Waals surface area contributed by atoms with E-state index in [0.29, 0.717) is 19.0 Å². The summed E-state index contributed by atoms with van der Waals surface area (Å²) in [5, 5.41) is 16.3. The van der Waals surface area contributed by atoms with Gasteiger partial charge in [-0.3, -0.25) is 4.79 Å². The summed E-state index contributed by atoms with van der Waals surface area (Å²) in [5.74, 6) is 0.698. The van der Waals surface area contributed by atoms with E-state index in [4.69, 9.17) is 0 Å². The zero-order chi connectivity index (χ0) is 13.2. The molecule has 1 N–H and O–H groups in total. The van der Waals surface area contributed by atoms with Crippen molar-refractivity contribution in [1.29, 1.82) is 0 Å². The molecule has 1 amide bonds. The van der Waals surface area contributed by atoms with Gasteiger partial charge in [-0.15, -0.1) is 21.5 Å². The quantitative estimate of drug-likeness (QED) is 0.883. The highest BCUT2D eigenvalue weighted by atomic mass is 32.1. The first-order chi connectivity index (χ1) is 9.25. The largest absolute Gasteiger partial charge is 0.354 e. The van der Waals surface area contributed by atoms with Crippen molar-refractivity contribution in [3.63, 3.8) is 0 Å². The Labute approximate surface area is 114 Å². The second-order valence-electron chi connectivity index (χ2n) is 4.74. The van der Waals surface area contributed by atoms with Gasteiger partial charge in [0.25, 0.3) is 0 Å². The number of rotatable bonds is 5. The lowest BCUT2D eigenvalue weighted by molar-refractivity contribution is -0.122. The Hall–Kier alpha value is -1.76. The van der Waals surface area contributed by atoms with Crippen LogP contribution in [0.2, 0.25) is 0 Å². The molecule has 0 spiro atoms. The lowest BCUT2D eigenvalue weighted by Gasteiger charge is -2.04. The van der Waals surface area contributed by atoms with E-state index in [2.05, 4.69) is 39.1 Å². The van der Waals surface area contributed by atoms with E-state index in [1.165, 1.54) is 21.6 Å². The topological polar surface area (TPSA) is 72.7 Å². The number of aryl methyl sites for hydroxylation is 1. The first kappa shape index (κ1) is 12.3. The monoisotopic (exact) mass is 277 g/mol. The van der Waals surface area contributed by atoms with Crippen LogP contribution in [0.3, 0.4) is 0 Å². The lowest BCUT2D eigenvalue weighted by Crippen LogP contribution is -2.29. The molecule has 7 heteroatoms. The number of aromatic nitrogens is 4. The predicted molar refractivity (Wildman–Crippen MR) is 70.7 cm³/mol. The second-order valence-corrected chi connectivity index (χ2v) is 5.69. The summed E-state index contributed by atoms with van der Waals surface area (Å²) in [6, 6.07) is 2.11. The maximum atomic E-state index is 12.0.